The number of rotatable bonds is 2. The first-order valence-electron chi connectivity index (χ1n) is 4.21. The topological polar surface area (TPSA) is 12.0 Å². The summed E-state index contributed by atoms with van der Waals surface area (Å²) >= 11 is 2.10. The average Bonchev–Trinajstić information content (AvgIpc) is 1.88. The van der Waals surface area contributed by atoms with Crippen molar-refractivity contribution in [1.29, 1.82) is 0 Å². The molecule has 10 heavy (non-hydrogen) atoms. The zero-order chi connectivity index (χ0) is 7.40. The molecule has 0 aromatic heterocycles. The minimum atomic E-state index is 0.744. The van der Waals surface area contributed by atoms with Gasteiger partial charge in [-0.1, -0.05) is 20.3 Å². The van der Waals surface area contributed by atoms with E-state index in [0.717, 1.165) is 10.6 Å². The third-order valence-corrected chi connectivity index (χ3v) is 3.30. The van der Waals surface area contributed by atoms with Crippen molar-refractivity contribution in [2.24, 2.45) is 0 Å². The number of nitrogens with one attached hydrogen (secondary N) is 1. The van der Waals surface area contributed by atoms with Crippen LogP contribution in [0, 0.1) is 0 Å². The zero-order valence-electron chi connectivity index (χ0n) is 6.89. The van der Waals surface area contributed by atoms with E-state index in [-0.39, 0.29) is 0 Å². The third kappa shape index (κ3) is 2.51. The fourth-order valence-electron chi connectivity index (χ4n) is 1.28. The molecule has 1 aliphatic rings. The molecule has 0 aromatic rings. The van der Waals surface area contributed by atoms with Crippen LogP contribution in [0.25, 0.3) is 0 Å². The number of thioether (sulfide) groups is 1. The van der Waals surface area contributed by atoms with Gasteiger partial charge in [-0.15, -0.1) is 11.8 Å². The fourth-order valence-corrected chi connectivity index (χ4v) is 2.68. The molecule has 2 heteroatoms. The van der Waals surface area contributed by atoms with Gasteiger partial charge in [0.1, 0.15) is 0 Å². The van der Waals surface area contributed by atoms with Gasteiger partial charge < -0.3 is 5.32 Å². The molecule has 1 aliphatic heterocycles. The SMILES string of the molecule is CCCC1NCCC(C)S1. The molecule has 0 spiro atoms. The molecule has 0 saturated carbocycles. The second-order valence-electron chi connectivity index (χ2n) is 2.97. The Morgan fingerprint density at radius 3 is 3.00 bits per heavy atom. The lowest BCUT2D eigenvalue weighted by Gasteiger charge is -2.27. The van der Waals surface area contributed by atoms with Crippen LogP contribution in [0.15, 0.2) is 0 Å². The first-order chi connectivity index (χ1) is 4.83. The maximum atomic E-state index is 3.51. The highest BCUT2D eigenvalue weighted by atomic mass is 32.2. The molecular weight excluding hydrogens is 142 g/mol. The van der Waals surface area contributed by atoms with Crippen LogP contribution in [0.2, 0.25) is 0 Å². The average molecular weight is 159 g/mol. The summed E-state index contributed by atoms with van der Waals surface area (Å²) in [5, 5.41) is 5.13. The zero-order valence-corrected chi connectivity index (χ0v) is 7.71. The Hall–Kier alpha value is 0.310. The molecule has 1 saturated heterocycles. The van der Waals surface area contributed by atoms with Crippen LogP contribution >= 0.6 is 11.8 Å². The van der Waals surface area contributed by atoms with E-state index in [9.17, 15) is 0 Å². The van der Waals surface area contributed by atoms with E-state index in [1.165, 1.54) is 25.8 Å². The van der Waals surface area contributed by atoms with Crippen molar-refractivity contribution < 1.29 is 0 Å². The van der Waals surface area contributed by atoms with Gasteiger partial charge in [-0.3, -0.25) is 0 Å². The number of hydrogen-bond acceptors (Lipinski definition) is 2. The summed E-state index contributed by atoms with van der Waals surface area (Å²) in [6.45, 7) is 5.80. The summed E-state index contributed by atoms with van der Waals surface area (Å²) in [4.78, 5) is 0. The molecule has 2 unspecified atom stereocenters. The van der Waals surface area contributed by atoms with E-state index >= 15 is 0 Å². The van der Waals surface area contributed by atoms with Gasteiger partial charge in [0.2, 0.25) is 0 Å². The lowest BCUT2D eigenvalue weighted by Crippen LogP contribution is -2.34. The van der Waals surface area contributed by atoms with Crippen LogP contribution in [0.5, 0.6) is 0 Å². The summed E-state index contributed by atoms with van der Waals surface area (Å²) < 4.78 is 0. The highest BCUT2D eigenvalue weighted by Gasteiger charge is 2.16. The van der Waals surface area contributed by atoms with Crippen molar-refractivity contribution in [1.82, 2.24) is 5.32 Å². The predicted molar refractivity (Wildman–Crippen MR) is 48.4 cm³/mol. The number of hydrogen-bond donors (Lipinski definition) is 1. The largest absolute Gasteiger partial charge is 0.305 e. The fraction of sp³-hybridized carbons (Fsp3) is 1.00. The molecule has 1 rings (SSSR count). The molecule has 1 fully saturated rings. The monoisotopic (exact) mass is 159 g/mol. The quantitative estimate of drug-likeness (QED) is 0.663. The van der Waals surface area contributed by atoms with Crippen molar-refractivity contribution in [3.63, 3.8) is 0 Å². The summed E-state index contributed by atoms with van der Waals surface area (Å²) in [7, 11) is 0. The molecule has 2 atom stereocenters. The minimum Gasteiger partial charge on any atom is -0.305 e. The first kappa shape index (κ1) is 8.41. The maximum Gasteiger partial charge on any atom is 0.0534 e. The van der Waals surface area contributed by atoms with E-state index < -0.39 is 0 Å². The molecule has 1 heterocycles. The Labute approximate surface area is 68.0 Å². The van der Waals surface area contributed by atoms with E-state index in [1.54, 1.807) is 0 Å². The Bertz CT molecular complexity index is 93.3. The molecule has 1 N–H and O–H groups in total. The molecule has 1 nitrogen and oxygen atoms in total. The Morgan fingerprint density at radius 1 is 1.60 bits per heavy atom. The van der Waals surface area contributed by atoms with Gasteiger partial charge in [-0.05, 0) is 19.4 Å². The van der Waals surface area contributed by atoms with Crippen LogP contribution in [-0.2, 0) is 0 Å². The highest BCUT2D eigenvalue weighted by molar-refractivity contribution is 8.00. The Balaban J connectivity index is 2.18. The van der Waals surface area contributed by atoms with Gasteiger partial charge in [-0.2, -0.15) is 0 Å². The van der Waals surface area contributed by atoms with Crippen molar-refractivity contribution in [2.45, 2.75) is 43.7 Å². The van der Waals surface area contributed by atoms with Crippen molar-refractivity contribution in [3.8, 4) is 0 Å². The van der Waals surface area contributed by atoms with Crippen LogP contribution < -0.4 is 5.32 Å². The van der Waals surface area contributed by atoms with E-state index in [2.05, 4.69) is 30.9 Å². The lowest BCUT2D eigenvalue weighted by atomic mass is 10.3. The molecule has 0 aliphatic carbocycles. The van der Waals surface area contributed by atoms with Gasteiger partial charge in [0, 0.05) is 5.25 Å². The second-order valence-corrected chi connectivity index (χ2v) is 4.61. The summed E-state index contributed by atoms with van der Waals surface area (Å²) in [5.74, 6) is 0. The summed E-state index contributed by atoms with van der Waals surface area (Å²) in [6, 6.07) is 0. The summed E-state index contributed by atoms with van der Waals surface area (Å²) in [5.41, 5.74) is 0. The van der Waals surface area contributed by atoms with Crippen molar-refractivity contribution in [3.05, 3.63) is 0 Å². The predicted octanol–water partition coefficient (Wildman–Crippen LogP) is 2.23. The Kier molecular flexibility index (Phi) is 3.57. The maximum absolute atomic E-state index is 3.51. The van der Waals surface area contributed by atoms with Gasteiger partial charge >= 0.3 is 0 Å². The second kappa shape index (κ2) is 4.24. The lowest BCUT2D eigenvalue weighted by molar-refractivity contribution is 0.557. The highest BCUT2D eigenvalue weighted by Crippen LogP contribution is 2.25. The minimum absolute atomic E-state index is 0.744. The van der Waals surface area contributed by atoms with Crippen LogP contribution in [0.1, 0.15) is 33.1 Å². The van der Waals surface area contributed by atoms with Gasteiger partial charge in [-0.25, -0.2) is 0 Å². The standard InChI is InChI=1S/C8H17NS/c1-3-4-8-9-6-5-7(2)10-8/h7-9H,3-6H2,1-2H3. The Morgan fingerprint density at radius 2 is 2.40 bits per heavy atom. The molecule has 0 amide bonds. The third-order valence-electron chi connectivity index (χ3n) is 1.87. The molecule has 0 radical (unpaired) electrons. The van der Waals surface area contributed by atoms with E-state index in [4.69, 9.17) is 0 Å². The molecule has 60 valence electrons. The van der Waals surface area contributed by atoms with Gasteiger partial charge in [0.15, 0.2) is 0 Å². The van der Waals surface area contributed by atoms with E-state index in [1.807, 2.05) is 0 Å². The van der Waals surface area contributed by atoms with Gasteiger partial charge in [0.25, 0.3) is 0 Å². The molecular formula is C8H17NS. The normalized spacial score (nSPS) is 34.2. The van der Waals surface area contributed by atoms with Crippen LogP contribution in [0.4, 0.5) is 0 Å². The van der Waals surface area contributed by atoms with Crippen molar-refractivity contribution >= 4 is 11.8 Å². The summed E-state index contributed by atoms with van der Waals surface area (Å²) in [6.07, 6.45) is 3.97. The van der Waals surface area contributed by atoms with E-state index in [0.29, 0.717) is 0 Å². The first-order valence-corrected chi connectivity index (χ1v) is 5.16. The van der Waals surface area contributed by atoms with Gasteiger partial charge in [0.05, 0.1) is 5.37 Å². The molecule has 0 aromatic carbocycles. The van der Waals surface area contributed by atoms with Crippen LogP contribution in [-0.4, -0.2) is 17.2 Å². The molecule has 0 bridgehead atoms. The smallest absolute Gasteiger partial charge is 0.0534 e. The van der Waals surface area contributed by atoms with Crippen LogP contribution in [0.3, 0.4) is 0 Å². The van der Waals surface area contributed by atoms with Crippen molar-refractivity contribution in [2.75, 3.05) is 6.54 Å².